The first-order valence-corrected chi connectivity index (χ1v) is 14.9. The van der Waals surface area contributed by atoms with Crippen LogP contribution >= 0.6 is 0 Å². The van der Waals surface area contributed by atoms with Gasteiger partial charge in [-0.25, -0.2) is 14.0 Å². The van der Waals surface area contributed by atoms with Crippen LogP contribution in [-0.2, 0) is 40.1 Å². The van der Waals surface area contributed by atoms with E-state index in [2.05, 4.69) is 0 Å². The standard InChI is InChI=1S/C34H40FNO7/c1-2-41-32(33(37)38)22-25-10-15-30(16-11-25)42-21-19-36(18-3-4-20-40-24-26-8-13-29(35)14-9-26)34(39)43-31-17-12-27-6-5-7-28(27)23-31/h8-17,23,32H,2-7,18-22,24H2,1H3,(H,37,38). The van der Waals surface area contributed by atoms with E-state index >= 15 is 0 Å². The zero-order valence-electron chi connectivity index (χ0n) is 24.6. The van der Waals surface area contributed by atoms with Gasteiger partial charge in [0.05, 0.1) is 13.2 Å². The second kappa shape index (κ2) is 16.6. The molecule has 4 rings (SSSR count). The SMILES string of the molecule is CCOC(Cc1ccc(OCCN(CCCCOCc2ccc(F)cc2)C(=O)Oc2ccc3c(c2)CCC3)cc1)C(=O)O. The molecule has 0 bridgehead atoms. The Balaban J connectivity index is 1.27. The molecule has 0 aromatic heterocycles. The van der Waals surface area contributed by atoms with Gasteiger partial charge in [-0.3, -0.25) is 0 Å². The molecule has 43 heavy (non-hydrogen) atoms. The van der Waals surface area contributed by atoms with Gasteiger partial charge in [-0.15, -0.1) is 0 Å². The summed E-state index contributed by atoms with van der Waals surface area (Å²) in [5.74, 6) is -0.105. The van der Waals surface area contributed by atoms with Crippen molar-refractivity contribution in [1.82, 2.24) is 4.90 Å². The molecule has 9 heteroatoms. The molecule has 0 spiro atoms. The van der Waals surface area contributed by atoms with Crippen LogP contribution in [0.4, 0.5) is 9.18 Å². The molecular weight excluding hydrogens is 553 g/mol. The first-order valence-electron chi connectivity index (χ1n) is 14.9. The molecule has 230 valence electrons. The lowest BCUT2D eigenvalue weighted by Crippen LogP contribution is -2.37. The number of benzene rings is 3. The number of fused-ring (bicyclic) bond motifs is 1. The number of rotatable bonds is 17. The number of ether oxygens (including phenoxy) is 4. The van der Waals surface area contributed by atoms with Crippen molar-refractivity contribution in [3.63, 3.8) is 0 Å². The Kier molecular flexibility index (Phi) is 12.4. The molecule has 0 heterocycles. The number of carboxylic acids is 1. The van der Waals surface area contributed by atoms with Gasteiger partial charge < -0.3 is 29.0 Å². The number of carbonyl (C=O) groups excluding carboxylic acids is 1. The van der Waals surface area contributed by atoms with Gasteiger partial charge >= 0.3 is 12.1 Å². The van der Waals surface area contributed by atoms with Gasteiger partial charge in [0.1, 0.15) is 23.9 Å². The minimum Gasteiger partial charge on any atom is -0.492 e. The average Bonchev–Trinajstić information content (AvgIpc) is 3.47. The minimum atomic E-state index is -0.992. The lowest BCUT2D eigenvalue weighted by molar-refractivity contribution is -0.149. The topological polar surface area (TPSA) is 94.5 Å². The molecular formula is C34H40FNO7. The van der Waals surface area contributed by atoms with Crippen molar-refractivity contribution in [3.8, 4) is 11.5 Å². The van der Waals surface area contributed by atoms with Crippen LogP contribution < -0.4 is 9.47 Å². The number of carboxylic acid groups (broad SMARTS) is 1. The van der Waals surface area contributed by atoms with Crippen LogP contribution in [0.5, 0.6) is 11.5 Å². The van der Waals surface area contributed by atoms with Crippen LogP contribution in [0.2, 0.25) is 0 Å². The van der Waals surface area contributed by atoms with E-state index in [9.17, 15) is 19.1 Å². The fraction of sp³-hybridized carbons (Fsp3) is 0.412. The van der Waals surface area contributed by atoms with Gasteiger partial charge in [0.2, 0.25) is 0 Å². The third-order valence-electron chi connectivity index (χ3n) is 7.30. The molecule has 1 aliphatic rings. The number of hydrogen-bond acceptors (Lipinski definition) is 6. The maximum atomic E-state index is 13.2. The van der Waals surface area contributed by atoms with Crippen molar-refractivity contribution in [2.75, 3.05) is 32.9 Å². The molecule has 0 saturated carbocycles. The second-order valence-corrected chi connectivity index (χ2v) is 10.5. The van der Waals surface area contributed by atoms with Crippen LogP contribution in [-0.4, -0.2) is 61.1 Å². The van der Waals surface area contributed by atoms with E-state index in [1.54, 1.807) is 36.1 Å². The summed E-state index contributed by atoms with van der Waals surface area (Å²) in [4.78, 5) is 26.2. The Morgan fingerprint density at radius 2 is 1.60 bits per heavy atom. The Labute approximate surface area is 252 Å². The summed E-state index contributed by atoms with van der Waals surface area (Å²) < 4.78 is 35.8. The molecule has 0 saturated heterocycles. The van der Waals surface area contributed by atoms with Crippen molar-refractivity contribution >= 4 is 12.1 Å². The molecule has 3 aromatic carbocycles. The molecule has 3 aromatic rings. The van der Waals surface area contributed by atoms with Crippen LogP contribution in [0.1, 0.15) is 48.4 Å². The van der Waals surface area contributed by atoms with E-state index in [-0.39, 0.29) is 18.8 Å². The first-order chi connectivity index (χ1) is 20.9. The average molecular weight is 594 g/mol. The molecule has 0 aliphatic heterocycles. The molecule has 1 unspecified atom stereocenters. The zero-order chi connectivity index (χ0) is 30.4. The highest BCUT2D eigenvalue weighted by atomic mass is 19.1. The number of hydrogen-bond donors (Lipinski definition) is 1. The summed E-state index contributed by atoms with van der Waals surface area (Å²) in [5, 5.41) is 9.32. The highest BCUT2D eigenvalue weighted by Gasteiger charge is 2.19. The first kappa shape index (κ1) is 32.0. The van der Waals surface area contributed by atoms with Gasteiger partial charge in [-0.05, 0) is 97.7 Å². The minimum absolute atomic E-state index is 0.260. The summed E-state index contributed by atoms with van der Waals surface area (Å²) in [6, 6.07) is 19.3. The number of carbonyl (C=O) groups is 2. The van der Waals surface area contributed by atoms with E-state index < -0.39 is 18.2 Å². The predicted molar refractivity (Wildman–Crippen MR) is 160 cm³/mol. The Hall–Kier alpha value is -3.95. The molecule has 1 amide bonds. The maximum Gasteiger partial charge on any atom is 0.415 e. The molecule has 0 radical (unpaired) electrons. The predicted octanol–water partition coefficient (Wildman–Crippen LogP) is 6.22. The third-order valence-corrected chi connectivity index (χ3v) is 7.30. The van der Waals surface area contributed by atoms with Crippen molar-refractivity contribution in [2.24, 2.45) is 0 Å². The monoisotopic (exact) mass is 593 g/mol. The number of amides is 1. The van der Waals surface area contributed by atoms with Crippen molar-refractivity contribution in [3.05, 3.63) is 94.8 Å². The Morgan fingerprint density at radius 1 is 0.884 bits per heavy atom. The summed E-state index contributed by atoms with van der Waals surface area (Å²) in [6.45, 7) is 4.07. The third kappa shape index (κ3) is 10.4. The fourth-order valence-electron chi connectivity index (χ4n) is 4.98. The molecule has 0 fully saturated rings. The van der Waals surface area contributed by atoms with E-state index in [0.29, 0.717) is 50.8 Å². The second-order valence-electron chi connectivity index (χ2n) is 10.5. The Morgan fingerprint density at radius 3 is 2.35 bits per heavy atom. The molecule has 8 nitrogen and oxygen atoms in total. The van der Waals surface area contributed by atoms with Crippen molar-refractivity contribution in [1.29, 1.82) is 0 Å². The van der Waals surface area contributed by atoms with Crippen LogP contribution in [0, 0.1) is 5.82 Å². The normalized spacial score (nSPS) is 12.9. The maximum absolute atomic E-state index is 13.2. The van der Waals surface area contributed by atoms with Gasteiger partial charge in [-0.1, -0.05) is 30.3 Å². The highest BCUT2D eigenvalue weighted by molar-refractivity contribution is 5.72. The van der Waals surface area contributed by atoms with Crippen LogP contribution in [0.15, 0.2) is 66.7 Å². The van der Waals surface area contributed by atoms with Gasteiger partial charge in [0.25, 0.3) is 0 Å². The number of unbranched alkanes of at least 4 members (excludes halogenated alkanes) is 1. The lowest BCUT2D eigenvalue weighted by Gasteiger charge is -2.22. The van der Waals surface area contributed by atoms with E-state index in [4.69, 9.17) is 18.9 Å². The van der Waals surface area contributed by atoms with Crippen molar-refractivity contribution < 1.29 is 38.0 Å². The number of aryl methyl sites for hydroxylation is 2. The summed E-state index contributed by atoms with van der Waals surface area (Å²) in [6.07, 6.45) is 3.57. The quantitative estimate of drug-likeness (QED) is 0.186. The number of nitrogens with zero attached hydrogens (tertiary/aromatic N) is 1. The molecule has 1 N–H and O–H groups in total. The van der Waals surface area contributed by atoms with Crippen LogP contribution in [0.25, 0.3) is 0 Å². The van der Waals surface area contributed by atoms with Gasteiger partial charge in [0, 0.05) is 26.2 Å². The van der Waals surface area contributed by atoms with Crippen molar-refractivity contribution in [2.45, 2.75) is 58.2 Å². The Bertz CT molecular complexity index is 1310. The van der Waals surface area contributed by atoms with E-state index in [1.165, 1.54) is 23.3 Å². The summed E-state index contributed by atoms with van der Waals surface area (Å²) in [7, 11) is 0. The molecule has 1 aliphatic carbocycles. The summed E-state index contributed by atoms with van der Waals surface area (Å²) >= 11 is 0. The largest absolute Gasteiger partial charge is 0.492 e. The van der Waals surface area contributed by atoms with Gasteiger partial charge in [-0.2, -0.15) is 0 Å². The van der Waals surface area contributed by atoms with Gasteiger partial charge in [0.15, 0.2) is 6.10 Å². The highest BCUT2D eigenvalue weighted by Crippen LogP contribution is 2.26. The fourth-order valence-corrected chi connectivity index (χ4v) is 4.98. The van der Waals surface area contributed by atoms with E-state index in [0.717, 1.165) is 36.8 Å². The molecule has 1 atom stereocenters. The summed E-state index contributed by atoms with van der Waals surface area (Å²) in [5.41, 5.74) is 4.28. The lowest BCUT2D eigenvalue weighted by atomic mass is 10.1. The smallest absolute Gasteiger partial charge is 0.415 e. The number of aliphatic carboxylic acids is 1. The van der Waals surface area contributed by atoms with E-state index in [1.807, 2.05) is 30.3 Å². The zero-order valence-corrected chi connectivity index (χ0v) is 24.6. The number of halogens is 1. The van der Waals surface area contributed by atoms with Crippen LogP contribution in [0.3, 0.4) is 0 Å².